The molecule has 3 atom stereocenters. The summed E-state index contributed by atoms with van der Waals surface area (Å²) in [6.07, 6.45) is -3.44. The van der Waals surface area contributed by atoms with E-state index in [2.05, 4.69) is 47.0 Å². The van der Waals surface area contributed by atoms with Crippen molar-refractivity contribution in [1.82, 2.24) is 14.9 Å². The zero-order chi connectivity index (χ0) is 18.5. The number of aryl methyl sites for hydroxylation is 1. The average Bonchev–Trinajstić information content (AvgIpc) is 3.12. The van der Waals surface area contributed by atoms with Crippen molar-refractivity contribution in [3.8, 4) is 0 Å². The molecular weight excluding hydrogens is 377 g/mol. The van der Waals surface area contributed by atoms with Gasteiger partial charge in [-0.1, -0.05) is 24.3 Å². The van der Waals surface area contributed by atoms with Gasteiger partial charge in [0.1, 0.15) is 17.8 Å². The monoisotopic (exact) mass is 398 g/mol. The van der Waals surface area contributed by atoms with Crippen LogP contribution in [0.1, 0.15) is 22.9 Å². The molecule has 0 radical (unpaired) electrons. The van der Waals surface area contributed by atoms with Gasteiger partial charge < -0.3 is 4.90 Å². The van der Waals surface area contributed by atoms with E-state index in [9.17, 15) is 13.2 Å². The van der Waals surface area contributed by atoms with Gasteiger partial charge >= 0.3 is 6.18 Å². The van der Waals surface area contributed by atoms with Crippen molar-refractivity contribution in [2.75, 3.05) is 31.6 Å². The second kappa shape index (κ2) is 7.28. The SMILES string of the molecule is Cc1ccccc1[C@H]1[C@@H]2CN(c3cc(C(F)(F)F)ncn3)C[C@@H]2CN1C.Cl. The van der Waals surface area contributed by atoms with Crippen LogP contribution in [0.3, 0.4) is 0 Å². The first kappa shape index (κ1) is 19.9. The number of likely N-dealkylation sites (tertiary alicyclic amines) is 1. The smallest absolute Gasteiger partial charge is 0.356 e. The van der Waals surface area contributed by atoms with Crippen molar-refractivity contribution in [2.45, 2.75) is 19.1 Å². The Balaban J connectivity index is 0.00000210. The summed E-state index contributed by atoms with van der Waals surface area (Å²) in [6, 6.07) is 9.71. The molecule has 4 nitrogen and oxygen atoms in total. The lowest BCUT2D eigenvalue weighted by Gasteiger charge is -2.28. The highest BCUT2D eigenvalue weighted by molar-refractivity contribution is 5.85. The Kier molecular flexibility index (Phi) is 5.36. The first-order valence-corrected chi connectivity index (χ1v) is 8.74. The summed E-state index contributed by atoms with van der Waals surface area (Å²) >= 11 is 0. The van der Waals surface area contributed by atoms with E-state index in [1.807, 2.05) is 11.0 Å². The fourth-order valence-electron chi connectivity index (χ4n) is 4.51. The maximum Gasteiger partial charge on any atom is 0.433 e. The highest BCUT2D eigenvalue weighted by Crippen LogP contribution is 2.45. The average molecular weight is 399 g/mol. The summed E-state index contributed by atoms with van der Waals surface area (Å²) in [7, 11) is 2.13. The van der Waals surface area contributed by atoms with Gasteiger partial charge in [-0.3, -0.25) is 4.90 Å². The molecule has 1 aromatic heterocycles. The molecule has 3 heterocycles. The molecule has 2 fully saturated rings. The van der Waals surface area contributed by atoms with Crippen LogP contribution in [-0.4, -0.2) is 41.5 Å². The zero-order valence-corrected chi connectivity index (χ0v) is 16.0. The van der Waals surface area contributed by atoms with E-state index in [4.69, 9.17) is 0 Å². The number of hydrogen-bond donors (Lipinski definition) is 0. The molecule has 0 bridgehead atoms. The molecule has 0 saturated carbocycles. The van der Waals surface area contributed by atoms with Crippen LogP contribution in [-0.2, 0) is 6.18 Å². The molecule has 0 spiro atoms. The van der Waals surface area contributed by atoms with E-state index in [0.717, 1.165) is 25.5 Å². The molecule has 2 aliphatic heterocycles. The zero-order valence-electron chi connectivity index (χ0n) is 15.1. The lowest BCUT2D eigenvalue weighted by atomic mass is 9.88. The minimum atomic E-state index is -4.45. The van der Waals surface area contributed by atoms with Crippen molar-refractivity contribution in [1.29, 1.82) is 0 Å². The van der Waals surface area contributed by atoms with Crippen LogP contribution in [0.2, 0.25) is 0 Å². The Morgan fingerprint density at radius 1 is 1.07 bits per heavy atom. The van der Waals surface area contributed by atoms with Crippen molar-refractivity contribution >= 4 is 18.2 Å². The van der Waals surface area contributed by atoms with Gasteiger partial charge in [-0.25, -0.2) is 9.97 Å². The van der Waals surface area contributed by atoms with E-state index >= 15 is 0 Å². The first-order chi connectivity index (χ1) is 12.3. The highest BCUT2D eigenvalue weighted by atomic mass is 35.5. The van der Waals surface area contributed by atoms with Gasteiger partial charge in [0.2, 0.25) is 0 Å². The van der Waals surface area contributed by atoms with E-state index < -0.39 is 11.9 Å². The minimum Gasteiger partial charge on any atom is -0.356 e. The maximum absolute atomic E-state index is 12.9. The number of aromatic nitrogens is 2. The predicted octanol–water partition coefficient (Wildman–Crippen LogP) is 3.96. The third kappa shape index (κ3) is 3.62. The molecule has 0 N–H and O–H groups in total. The van der Waals surface area contributed by atoms with Crippen LogP contribution in [0.5, 0.6) is 0 Å². The number of nitrogens with zero attached hydrogens (tertiary/aromatic N) is 4. The third-order valence-electron chi connectivity index (χ3n) is 5.67. The number of hydrogen-bond acceptors (Lipinski definition) is 4. The fraction of sp³-hybridized carbons (Fsp3) is 0.474. The molecule has 4 rings (SSSR count). The number of anilines is 1. The summed E-state index contributed by atoms with van der Waals surface area (Å²) in [5, 5.41) is 0. The molecule has 0 aliphatic carbocycles. The lowest BCUT2D eigenvalue weighted by Crippen LogP contribution is -2.30. The van der Waals surface area contributed by atoms with Crippen LogP contribution in [0.15, 0.2) is 36.7 Å². The first-order valence-electron chi connectivity index (χ1n) is 8.74. The van der Waals surface area contributed by atoms with Gasteiger partial charge in [0.25, 0.3) is 0 Å². The fourth-order valence-corrected chi connectivity index (χ4v) is 4.51. The molecule has 2 saturated heterocycles. The highest BCUT2D eigenvalue weighted by Gasteiger charge is 2.47. The van der Waals surface area contributed by atoms with E-state index in [1.165, 1.54) is 11.1 Å². The Hall–Kier alpha value is -1.86. The summed E-state index contributed by atoms with van der Waals surface area (Å²) in [5.74, 6) is 1.17. The molecule has 146 valence electrons. The normalized spacial score (nSPS) is 25.4. The van der Waals surface area contributed by atoms with Crippen LogP contribution >= 0.6 is 12.4 Å². The third-order valence-corrected chi connectivity index (χ3v) is 5.67. The van der Waals surface area contributed by atoms with Gasteiger partial charge in [-0.2, -0.15) is 13.2 Å². The number of benzene rings is 1. The number of halogens is 4. The Morgan fingerprint density at radius 3 is 2.52 bits per heavy atom. The second-order valence-corrected chi connectivity index (χ2v) is 7.33. The predicted molar refractivity (Wildman–Crippen MR) is 100 cm³/mol. The summed E-state index contributed by atoms with van der Waals surface area (Å²) in [5.41, 5.74) is 1.68. The standard InChI is InChI=1S/C19H21F3N4.ClH/c1-12-5-3-4-6-14(12)18-15-10-26(9-13(15)8-25(18)2)17-7-16(19(20,21)22)23-11-24-17;/h3-7,11,13,15,18H,8-10H2,1-2H3;1H/t13-,15+,18-;/m0./s1. The Morgan fingerprint density at radius 2 is 1.81 bits per heavy atom. The molecule has 2 aromatic rings. The quantitative estimate of drug-likeness (QED) is 0.766. The van der Waals surface area contributed by atoms with Gasteiger partial charge in [0.15, 0.2) is 0 Å². The van der Waals surface area contributed by atoms with Crippen molar-refractivity contribution < 1.29 is 13.2 Å². The van der Waals surface area contributed by atoms with Crippen LogP contribution in [0, 0.1) is 18.8 Å². The minimum absolute atomic E-state index is 0. The van der Waals surface area contributed by atoms with Gasteiger partial charge in [0, 0.05) is 37.7 Å². The maximum atomic E-state index is 12.9. The van der Waals surface area contributed by atoms with Crippen molar-refractivity contribution in [2.24, 2.45) is 11.8 Å². The number of alkyl halides is 3. The molecule has 0 unspecified atom stereocenters. The molecule has 27 heavy (non-hydrogen) atoms. The lowest BCUT2D eigenvalue weighted by molar-refractivity contribution is -0.141. The Labute approximate surface area is 162 Å². The number of fused-ring (bicyclic) bond motifs is 1. The van der Waals surface area contributed by atoms with Crippen molar-refractivity contribution in [3.05, 3.63) is 53.5 Å². The second-order valence-electron chi connectivity index (χ2n) is 7.33. The molecule has 0 amide bonds. The summed E-state index contributed by atoms with van der Waals surface area (Å²) in [4.78, 5) is 11.8. The summed E-state index contributed by atoms with van der Waals surface area (Å²) < 4.78 is 38.8. The van der Waals surface area contributed by atoms with E-state index in [-0.39, 0.29) is 18.4 Å². The van der Waals surface area contributed by atoms with Gasteiger partial charge in [-0.15, -0.1) is 12.4 Å². The van der Waals surface area contributed by atoms with Crippen LogP contribution < -0.4 is 4.90 Å². The largest absolute Gasteiger partial charge is 0.433 e. The van der Waals surface area contributed by atoms with E-state index in [0.29, 0.717) is 24.2 Å². The topological polar surface area (TPSA) is 32.3 Å². The number of rotatable bonds is 2. The summed E-state index contributed by atoms with van der Waals surface area (Å²) in [6.45, 7) is 4.49. The molecule has 2 aliphatic rings. The van der Waals surface area contributed by atoms with Crippen LogP contribution in [0.25, 0.3) is 0 Å². The van der Waals surface area contributed by atoms with Gasteiger partial charge in [0.05, 0.1) is 0 Å². The molecule has 8 heteroatoms. The van der Waals surface area contributed by atoms with Crippen LogP contribution in [0.4, 0.5) is 19.0 Å². The van der Waals surface area contributed by atoms with Crippen molar-refractivity contribution in [3.63, 3.8) is 0 Å². The van der Waals surface area contributed by atoms with Gasteiger partial charge in [-0.05, 0) is 31.0 Å². The van der Waals surface area contributed by atoms with E-state index in [1.54, 1.807) is 0 Å². The Bertz CT molecular complexity index is 814. The molecular formula is C19H22ClF3N4. The molecule has 1 aromatic carbocycles.